The second kappa shape index (κ2) is 6.36. The fraction of sp³-hybridized carbons (Fsp3) is 0.278. The van der Waals surface area contributed by atoms with Crippen LogP contribution in [0.25, 0.3) is 6.08 Å². The Labute approximate surface area is 134 Å². The van der Waals surface area contributed by atoms with Crippen LogP contribution >= 0.6 is 11.3 Å². The van der Waals surface area contributed by atoms with Gasteiger partial charge in [0, 0.05) is 23.1 Å². The van der Waals surface area contributed by atoms with Crippen molar-refractivity contribution in [3.63, 3.8) is 0 Å². The van der Waals surface area contributed by atoms with Gasteiger partial charge in [-0.1, -0.05) is 18.2 Å². The number of amides is 1. The maximum absolute atomic E-state index is 12.5. The summed E-state index contributed by atoms with van der Waals surface area (Å²) in [4.78, 5) is 15.9. The van der Waals surface area contributed by atoms with Crippen molar-refractivity contribution < 1.29 is 9.53 Å². The van der Waals surface area contributed by atoms with Gasteiger partial charge in [0.2, 0.25) is 5.91 Å². The first-order valence-corrected chi connectivity index (χ1v) is 8.26. The quantitative estimate of drug-likeness (QED) is 0.804. The van der Waals surface area contributed by atoms with Gasteiger partial charge in [0.25, 0.3) is 0 Å². The number of hydrogen-bond donors (Lipinski definition) is 0. The number of methoxy groups -OCH3 is 1. The fourth-order valence-electron chi connectivity index (χ4n) is 2.87. The molecule has 0 N–H and O–H groups in total. The van der Waals surface area contributed by atoms with E-state index < -0.39 is 0 Å². The van der Waals surface area contributed by atoms with E-state index in [4.69, 9.17) is 4.74 Å². The van der Waals surface area contributed by atoms with E-state index in [1.165, 1.54) is 10.4 Å². The second-order valence-electron chi connectivity index (χ2n) is 5.33. The number of hydrogen-bond acceptors (Lipinski definition) is 3. The minimum Gasteiger partial charge on any atom is -0.496 e. The molecule has 1 aliphatic heterocycles. The van der Waals surface area contributed by atoms with Crippen LogP contribution in [0.5, 0.6) is 5.75 Å². The average Bonchev–Trinajstić information content (AvgIpc) is 3.02. The summed E-state index contributed by atoms with van der Waals surface area (Å²) < 4.78 is 5.31. The molecule has 114 valence electrons. The van der Waals surface area contributed by atoms with E-state index in [2.05, 4.69) is 18.4 Å². The molecule has 2 heterocycles. The maximum atomic E-state index is 12.5. The van der Waals surface area contributed by atoms with Crippen LogP contribution < -0.4 is 4.74 Å². The molecule has 0 fully saturated rings. The lowest BCUT2D eigenvalue weighted by atomic mass is 10.0. The van der Waals surface area contributed by atoms with E-state index in [1.807, 2.05) is 35.2 Å². The van der Waals surface area contributed by atoms with E-state index in [0.717, 1.165) is 24.3 Å². The highest BCUT2D eigenvalue weighted by Gasteiger charge is 2.26. The first-order chi connectivity index (χ1) is 10.7. The zero-order valence-corrected chi connectivity index (χ0v) is 13.6. The average molecular weight is 313 g/mol. The number of benzene rings is 1. The highest BCUT2D eigenvalue weighted by molar-refractivity contribution is 7.10. The molecular formula is C18H19NO2S. The highest BCUT2D eigenvalue weighted by atomic mass is 32.1. The predicted octanol–water partition coefficient (Wildman–Crippen LogP) is 3.92. The van der Waals surface area contributed by atoms with Crippen LogP contribution in [0.15, 0.2) is 41.8 Å². The van der Waals surface area contributed by atoms with Crippen LogP contribution in [0, 0.1) is 0 Å². The van der Waals surface area contributed by atoms with Crippen molar-refractivity contribution in [2.45, 2.75) is 19.4 Å². The van der Waals surface area contributed by atoms with E-state index >= 15 is 0 Å². The number of rotatable bonds is 3. The molecular weight excluding hydrogens is 294 g/mol. The van der Waals surface area contributed by atoms with Crippen molar-refractivity contribution in [2.24, 2.45) is 0 Å². The third kappa shape index (κ3) is 2.79. The van der Waals surface area contributed by atoms with Crippen molar-refractivity contribution in [2.75, 3.05) is 13.7 Å². The van der Waals surface area contributed by atoms with Gasteiger partial charge in [0.15, 0.2) is 0 Å². The minimum absolute atomic E-state index is 0.0512. The molecule has 22 heavy (non-hydrogen) atoms. The Bertz CT molecular complexity index is 705. The molecule has 4 heteroatoms. The monoisotopic (exact) mass is 313 g/mol. The van der Waals surface area contributed by atoms with Crippen LogP contribution in [0.2, 0.25) is 0 Å². The van der Waals surface area contributed by atoms with E-state index in [1.54, 1.807) is 24.5 Å². The van der Waals surface area contributed by atoms with Gasteiger partial charge in [-0.05, 0) is 42.5 Å². The lowest BCUT2D eigenvalue weighted by Gasteiger charge is -2.32. The van der Waals surface area contributed by atoms with Crippen LogP contribution in [0.3, 0.4) is 0 Å². The van der Waals surface area contributed by atoms with Gasteiger partial charge in [-0.15, -0.1) is 11.3 Å². The zero-order valence-electron chi connectivity index (χ0n) is 12.8. The second-order valence-corrected chi connectivity index (χ2v) is 6.33. The topological polar surface area (TPSA) is 29.5 Å². The molecule has 1 atom stereocenters. The van der Waals surface area contributed by atoms with Crippen LogP contribution in [0.4, 0.5) is 0 Å². The molecule has 3 rings (SSSR count). The minimum atomic E-state index is 0.0512. The molecule has 3 nitrogen and oxygen atoms in total. The van der Waals surface area contributed by atoms with Crippen LogP contribution in [-0.2, 0) is 11.2 Å². The molecule has 0 radical (unpaired) electrons. The maximum Gasteiger partial charge on any atom is 0.247 e. The van der Waals surface area contributed by atoms with Crippen molar-refractivity contribution >= 4 is 23.3 Å². The Morgan fingerprint density at radius 2 is 2.18 bits per heavy atom. The molecule has 1 aliphatic rings. The molecule has 1 amide bonds. The first kappa shape index (κ1) is 14.9. The van der Waals surface area contributed by atoms with Crippen LogP contribution in [0.1, 0.15) is 29.0 Å². The Morgan fingerprint density at radius 3 is 3.00 bits per heavy atom. The number of nitrogens with zero attached hydrogens (tertiary/aromatic N) is 1. The number of ether oxygens (including phenoxy) is 1. The molecule has 0 bridgehead atoms. The van der Waals surface area contributed by atoms with Crippen molar-refractivity contribution in [3.8, 4) is 5.75 Å². The number of carbonyl (C=O) groups is 1. The third-order valence-corrected chi connectivity index (χ3v) is 5.10. The van der Waals surface area contributed by atoms with E-state index in [-0.39, 0.29) is 11.9 Å². The van der Waals surface area contributed by atoms with Gasteiger partial charge in [-0.2, -0.15) is 0 Å². The first-order valence-electron chi connectivity index (χ1n) is 7.38. The lowest BCUT2D eigenvalue weighted by molar-refractivity contribution is -0.128. The molecule has 1 aromatic heterocycles. The number of para-hydroxylation sites is 1. The standard InChI is InChI=1S/C18H19NO2S/c1-13-15-10-12-22-17(15)9-11-19(13)18(20)8-7-14-5-3-4-6-16(14)21-2/h3-8,10,12-13H,9,11H2,1-2H3/b8-7+/t13-/m1/s1. The molecule has 1 aromatic carbocycles. The highest BCUT2D eigenvalue weighted by Crippen LogP contribution is 2.33. The van der Waals surface area contributed by atoms with Gasteiger partial charge in [-0.25, -0.2) is 0 Å². The Kier molecular flexibility index (Phi) is 4.29. The summed E-state index contributed by atoms with van der Waals surface area (Å²) in [5.41, 5.74) is 2.20. The summed E-state index contributed by atoms with van der Waals surface area (Å²) in [7, 11) is 1.64. The van der Waals surface area contributed by atoms with Crippen molar-refractivity contribution in [3.05, 3.63) is 57.8 Å². The SMILES string of the molecule is COc1ccccc1/C=C/C(=O)N1CCc2sccc2[C@H]1C. The molecule has 0 spiro atoms. The van der Waals surface area contributed by atoms with Crippen molar-refractivity contribution in [1.82, 2.24) is 4.90 Å². The summed E-state index contributed by atoms with van der Waals surface area (Å²) in [6, 6.07) is 9.97. The summed E-state index contributed by atoms with van der Waals surface area (Å²) in [5, 5.41) is 2.11. The number of carbonyl (C=O) groups excluding carboxylic acids is 1. The molecule has 0 saturated heterocycles. The smallest absolute Gasteiger partial charge is 0.247 e. The fourth-order valence-corrected chi connectivity index (χ4v) is 3.83. The normalized spacial score (nSPS) is 17.5. The molecule has 2 aromatic rings. The van der Waals surface area contributed by atoms with Gasteiger partial charge in [-0.3, -0.25) is 4.79 Å². The zero-order chi connectivity index (χ0) is 15.5. The van der Waals surface area contributed by atoms with Gasteiger partial charge in [0.1, 0.15) is 5.75 Å². The predicted molar refractivity (Wildman–Crippen MR) is 90.2 cm³/mol. The molecule has 0 aliphatic carbocycles. The number of fused-ring (bicyclic) bond motifs is 1. The summed E-state index contributed by atoms with van der Waals surface area (Å²) in [5.74, 6) is 0.827. The van der Waals surface area contributed by atoms with Crippen LogP contribution in [-0.4, -0.2) is 24.5 Å². The van der Waals surface area contributed by atoms with Gasteiger partial charge >= 0.3 is 0 Å². The largest absolute Gasteiger partial charge is 0.496 e. The Hall–Kier alpha value is -2.07. The lowest BCUT2D eigenvalue weighted by Crippen LogP contribution is -2.37. The van der Waals surface area contributed by atoms with Gasteiger partial charge < -0.3 is 9.64 Å². The summed E-state index contributed by atoms with van der Waals surface area (Å²) >= 11 is 1.79. The summed E-state index contributed by atoms with van der Waals surface area (Å²) in [6.07, 6.45) is 4.42. The number of thiophene rings is 1. The summed E-state index contributed by atoms with van der Waals surface area (Å²) in [6.45, 7) is 2.88. The van der Waals surface area contributed by atoms with Crippen molar-refractivity contribution in [1.29, 1.82) is 0 Å². The van der Waals surface area contributed by atoms with E-state index in [9.17, 15) is 4.79 Å². The van der Waals surface area contributed by atoms with Gasteiger partial charge in [0.05, 0.1) is 13.2 Å². The third-order valence-electron chi connectivity index (χ3n) is 4.10. The molecule has 0 unspecified atom stereocenters. The Balaban J connectivity index is 1.76. The van der Waals surface area contributed by atoms with E-state index in [0.29, 0.717) is 0 Å². The molecule has 0 saturated carbocycles. The Morgan fingerprint density at radius 1 is 1.36 bits per heavy atom.